The summed E-state index contributed by atoms with van der Waals surface area (Å²) >= 11 is 6.22. The van der Waals surface area contributed by atoms with Crippen molar-refractivity contribution in [1.29, 1.82) is 0 Å². The third-order valence-electron chi connectivity index (χ3n) is 5.07. The molecule has 1 aliphatic rings. The summed E-state index contributed by atoms with van der Waals surface area (Å²) in [6.07, 6.45) is -5.27. The van der Waals surface area contributed by atoms with E-state index in [1.807, 2.05) is 0 Å². The van der Waals surface area contributed by atoms with Crippen LogP contribution in [-0.2, 0) is 14.3 Å². The number of fused-ring (bicyclic) bond motifs is 1. The number of guanidine groups is 1. The number of nitrogens with zero attached hydrogens (tertiary/aromatic N) is 1. The zero-order valence-electron chi connectivity index (χ0n) is 18.4. The van der Waals surface area contributed by atoms with Crippen LogP contribution in [0, 0.1) is 13.8 Å². The summed E-state index contributed by atoms with van der Waals surface area (Å²) in [7, 11) is 1.12. The van der Waals surface area contributed by atoms with Gasteiger partial charge in [-0.1, -0.05) is 11.6 Å². The van der Waals surface area contributed by atoms with Gasteiger partial charge in [0.25, 0.3) is 5.91 Å². The average Bonchev–Trinajstić information content (AvgIpc) is 2.74. The summed E-state index contributed by atoms with van der Waals surface area (Å²) < 4.78 is 51.1. The Morgan fingerprint density at radius 2 is 1.97 bits per heavy atom. The van der Waals surface area contributed by atoms with Crippen molar-refractivity contribution < 1.29 is 32.2 Å². The van der Waals surface area contributed by atoms with Gasteiger partial charge in [-0.25, -0.2) is 4.79 Å². The van der Waals surface area contributed by atoms with Crippen LogP contribution in [0.2, 0.25) is 5.02 Å². The van der Waals surface area contributed by atoms with Gasteiger partial charge in [-0.05, 0) is 56.4 Å². The topological polar surface area (TPSA) is 129 Å². The number of aryl methyl sites for hydroxylation is 1. The first-order valence-corrected chi connectivity index (χ1v) is 10.4. The number of rotatable bonds is 8. The van der Waals surface area contributed by atoms with E-state index in [4.69, 9.17) is 27.8 Å². The van der Waals surface area contributed by atoms with Crippen molar-refractivity contribution in [2.75, 3.05) is 13.7 Å². The minimum atomic E-state index is -4.87. The molecule has 0 saturated heterocycles. The molecule has 2 rings (SSSR count). The van der Waals surface area contributed by atoms with Gasteiger partial charge in [-0.15, -0.1) is 0 Å². The van der Waals surface area contributed by atoms with Crippen LogP contribution in [0.1, 0.15) is 36.0 Å². The molecular weight excluding hydrogens is 465 g/mol. The molecule has 0 aromatic heterocycles. The number of nitrogens with two attached hydrogens (primary N) is 2. The molecule has 1 aromatic rings. The Morgan fingerprint density at radius 1 is 1.30 bits per heavy atom. The van der Waals surface area contributed by atoms with Gasteiger partial charge >= 0.3 is 12.1 Å². The number of esters is 1. The van der Waals surface area contributed by atoms with Crippen molar-refractivity contribution in [3.8, 4) is 5.75 Å². The lowest BCUT2D eigenvalue weighted by atomic mass is 9.95. The molecule has 5 N–H and O–H groups in total. The number of ether oxygens (including phenoxy) is 2. The minimum Gasteiger partial charge on any atom is -0.475 e. The fourth-order valence-corrected chi connectivity index (χ4v) is 3.52. The highest BCUT2D eigenvalue weighted by molar-refractivity contribution is 6.32. The molecule has 0 spiro atoms. The number of hydrogen-bond donors (Lipinski definition) is 3. The van der Waals surface area contributed by atoms with Gasteiger partial charge < -0.3 is 26.3 Å². The highest BCUT2D eigenvalue weighted by Gasteiger charge is 2.49. The summed E-state index contributed by atoms with van der Waals surface area (Å²) in [6.45, 7) is 3.56. The first kappa shape index (κ1) is 26.3. The van der Waals surface area contributed by atoms with Crippen LogP contribution in [0.4, 0.5) is 13.2 Å². The number of alkyl halides is 3. The maximum Gasteiger partial charge on any atom is 0.429 e. The Labute approximate surface area is 194 Å². The normalized spacial score (nSPS) is 16.1. The third-order valence-corrected chi connectivity index (χ3v) is 5.65. The van der Waals surface area contributed by atoms with E-state index < -0.39 is 35.8 Å². The molecule has 0 saturated carbocycles. The lowest BCUT2D eigenvalue weighted by Gasteiger charge is -2.30. The second-order valence-corrected chi connectivity index (χ2v) is 7.91. The molecule has 182 valence electrons. The summed E-state index contributed by atoms with van der Waals surface area (Å²) in [5, 5.41) is 2.69. The van der Waals surface area contributed by atoms with Gasteiger partial charge in [0.15, 0.2) is 5.96 Å². The molecule has 0 radical (unpaired) electrons. The van der Waals surface area contributed by atoms with Crippen LogP contribution in [0.5, 0.6) is 5.75 Å². The summed E-state index contributed by atoms with van der Waals surface area (Å²) in [4.78, 5) is 28.8. The summed E-state index contributed by atoms with van der Waals surface area (Å²) in [5.74, 6) is -2.00. The Bertz CT molecular complexity index is 975. The van der Waals surface area contributed by atoms with Gasteiger partial charge in [0.2, 0.25) is 6.10 Å². The van der Waals surface area contributed by atoms with Crippen LogP contribution in [-0.4, -0.2) is 49.8 Å². The number of aliphatic imine (C=N–C) groups is 1. The molecule has 33 heavy (non-hydrogen) atoms. The summed E-state index contributed by atoms with van der Waals surface area (Å²) in [6, 6.07) is 0.225. The van der Waals surface area contributed by atoms with Crippen LogP contribution in [0.3, 0.4) is 0 Å². The zero-order valence-corrected chi connectivity index (χ0v) is 19.1. The van der Waals surface area contributed by atoms with E-state index in [0.717, 1.165) is 13.2 Å². The van der Waals surface area contributed by atoms with Crippen LogP contribution in [0.15, 0.2) is 16.6 Å². The number of halogens is 4. The van der Waals surface area contributed by atoms with Crippen LogP contribution >= 0.6 is 11.6 Å². The SMILES string of the molecule is COC(=O)C(CCCCN=C(N)N)NC(=O)C1=Cc2c(cc(C)c(Cl)c2C)O[C@@H]1C(F)(F)F. The maximum atomic E-state index is 13.7. The van der Waals surface area contributed by atoms with Gasteiger partial charge in [0.1, 0.15) is 11.8 Å². The number of carbonyl (C=O) groups is 2. The number of carbonyl (C=O) groups excluding carboxylic acids is 2. The number of benzene rings is 1. The Hall–Kier alpha value is -2.95. The van der Waals surface area contributed by atoms with Crippen molar-refractivity contribution >= 4 is 35.5 Å². The zero-order chi connectivity index (χ0) is 24.9. The molecule has 1 aliphatic heterocycles. The predicted molar refractivity (Wildman–Crippen MR) is 118 cm³/mol. The molecule has 1 amide bonds. The Morgan fingerprint density at radius 3 is 2.55 bits per heavy atom. The van der Waals surface area contributed by atoms with E-state index in [2.05, 4.69) is 15.0 Å². The summed E-state index contributed by atoms with van der Waals surface area (Å²) in [5.41, 5.74) is 11.1. The van der Waals surface area contributed by atoms with E-state index in [1.165, 1.54) is 6.07 Å². The number of unbranched alkanes of at least 4 members (excludes halogenated alkanes) is 1. The Kier molecular flexibility index (Phi) is 8.59. The second-order valence-electron chi connectivity index (χ2n) is 7.54. The van der Waals surface area contributed by atoms with Crippen molar-refractivity contribution in [3.05, 3.63) is 33.4 Å². The molecule has 1 heterocycles. The van der Waals surface area contributed by atoms with E-state index in [0.29, 0.717) is 35.5 Å². The van der Waals surface area contributed by atoms with Crippen LogP contribution < -0.4 is 21.5 Å². The van der Waals surface area contributed by atoms with Crippen LogP contribution in [0.25, 0.3) is 6.08 Å². The lowest BCUT2D eigenvalue weighted by Crippen LogP contribution is -2.48. The van der Waals surface area contributed by atoms with E-state index >= 15 is 0 Å². The molecule has 8 nitrogen and oxygen atoms in total. The molecular formula is C21H26ClF3N4O4. The molecule has 12 heteroatoms. The molecule has 2 atom stereocenters. The number of nitrogens with one attached hydrogen (secondary N) is 1. The van der Waals surface area contributed by atoms with E-state index in [-0.39, 0.29) is 23.7 Å². The molecule has 0 bridgehead atoms. The molecule has 1 unspecified atom stereocenters. The largest absolute Gasteiger partial charge is 0.475 e. The minimum absolute atomic E-state index is 0.0301. The average molecular weight is 491 g/mol. The second kappa shape index (κ2) is 10.8. The van der Waals surface area contributed by atoms with Gasteiger partial charge in [0.05, 0.1) is 12.7 Å². The van der Waals surface area contributed by atoms with Gasteiger partial charge in [0, 0.05) is 17.1 Å². The predicted octanol–water partition coefficient (Wildman–Crippen LogP) is 2.77. The van der Waals surface area contributed by atoms with Gasteiger partial charge in [-0.2, -0.15) is 13.2 Å². The monoisotopic (exact) mass is 490 g/mol. The number of amides is 1. The maximum absolute atomic E-state index is 13.7. The first-order chi connectivity index (χ1) is 15.4. The van der Waals surface area contributed by atoms with E-state index in [1.54, 1.807) is 13.8 Å². The Balaban J connectivity index is 2.31. The quantitative estimate of drug-likeness (QED) is 0.222. The molecule has 1 aromatic carbocycles. The smallest absolute Gasteiger partial charge is 0.429 e. The van der Waals surface area contributed by atoms with Crippen molar-refractivity contribution in [1.82, 2.24) is 5.32 Å². The number of methoxy groups -OCH3 is 1. The molecule has 0 aliphatic carbocycles. The fourth-order valence-electron chi connectivity index (χ4n) is 3.36. The lowest BCUT2D eigenvalue weighted by molar-refractivity contribution is -0.185. The van der Waals surface area contributed by atoms with Crippen molar-refractivity contribution in [2.45, 2.75) is 51.4 Å². The van der Waals surface area contributed by atoms with Crippen molar-refractivity contribution in [2.24, 2.45) is 16.5 Å². The van der Waals surface area contributed by atoms with Crippen molar-refractivity contribution in [3.63, 3.8) is 0 Å². The van der Waals surface area contributed by atoms with Gasteiger partial charge in [-0.3, -0.25) is 9.79 Å². The highest BCUT2D eigenvalue weighted by Crippen LogP contribution is 2.41. The van der Waals surface area contributed by atoms with E-state index in [9.17, 15) is 22.8 Å². The number of hydrogen-bond acceptors (Lipinski definition) is 5. The third kappa shape index (κ3) is 6.53. The molecule has 0 fully saturated rings. The fraction of sp³-hybridized carbons (Fsp3) is 0.476. The first-order valence-electron chi connectivity index (χ1n) is 10.1. The highest BCUT2D eigenvalue weighted by atomic mass is 35.5. The standard InChI is InChI=1S/C21H26ClF3N4O4/c1-10-8-15-12(11(2)16(10)22)9-13(17(33-15)21(23,24)25)18(30)29-14(19(31)32-3)6-4-5-7-28-20(26)27/h8-9,14,17H,4-7H2,1-3H3,(H,29,30)(H4,26,27,28)/t14?,17-/m0/s1.